The van der Waals surface area contributed by atoms with Crippen molar-refractivity contribution in [3.05, 3.63) is 35.9 Å². The Morgan fingerprint density at radius 2 is 1.88 bits per heavy atom. The molecule has 130 valence electrons. The van der Waals surface area contributed by atoms with Crippen LogP contribution in [0.25, 0.3) is 0 Å². The van der Waals surface area contributed by atoms with Crippen LogP contribution in [0.1, 0.15) is 44.6 Å². The predicted octanol–water partition coefficient (Wildman–Crippen LogP) is 2.77. The van der Waals surface area contributed by atoms with Crippen LogP contribution in [0.4, 0.5) is 0 Å². The van der Waals surface area contributed by atoms with Crippen LogP contribution in [0, 0.1) is 11.8 Å². The Kier molecular flexibility index (Phi) is 5.54. The summed E-state index contributed by atoms with van der Waals surface area (Å²) in [6.45, 7) is 3.55. The number of benzene rings is 1. The zero-order valence-corrected chi connectivity index (χ0v) is 14.5. The summed E-state index contributed by atoms with van der Waals surface area (Å²) in [4.78, 5) is 26.5. The van der Waals surface area contributed by atoms with E-state index in [2.05, 4.69) is 24.4 Å². The van der Waals surface area contributed by atoms with E-state index in [4.69, 9.17) is 0 Å². The summed E-state index contributed by atoms with van der Waals surface area (Å²) in [5, 5.41) is 3.18. The van der Waals surface area contributed by atoms with E-state index in [0.29, 0.717) is 25.6 Å². The fraction of sp³-hybridized carbons (Fsp3) is 0.600. The van der Waals surface area contributed by atoms with Gasteiger partial charge in [0.1, 0.15) is 0 Å². The van der Waals surface area contributed by atoms with Crippen molar-refractivity contribution in [3.8, 4) is 0 Å². The van der Waals surface area contributed by atoms with Crippen LogP contribution in [0.5, 0.6) is 0 Å². The summed E-state index contributed by atoms with van der Waals surface area (Å²) in [5.74, 6) is 0.792. The normalized spacial score (nSPS) is 27.3. The van der Waals surface area contributed by atoms with Gasteiger partial charge in [0.15, 0.2) is 0 Å². The topological polar surface area (TPSA) is 49.4 Å². The van der Waals surface area contributed by atoms with E-state index in [9.17, 15) is 9.59 Å². The number of rotatable bonds is 5. The summed E-state index contributed by atoms with van der Waals surface area (Å²) in [5.41, 5.74) is 1.23. The number of nitrogens with zero attached hydrogens (tertiary/aromatic N) is 1. The van der Waals surface area contributed by atoms with Gasteiger partial charge in [0, 0.05) is 25.6 Å². The Bertz CT molecular complexity index is 564. The molecule has 0 radical (unpaired) electrons. The summed E-state index contributed by atoms with van der Waals surface area (Å²) in [6.07, 6.45) is 5.75. The van der Waals surface area contributed by atoms with Crippen molar-refractivity contribution < 1.29 is 9.59 Å². The minimum absolute atomic E-state index is 0.0742. The van der Waals surface area contributed by atoms with E-state index < -0.39 is 0 Å². The highest BCUT2D eigenvalue weighted by Crippen LogP contribution is 2.25. The van der Waals surface area contributed by atoms with Gasteiger partial charge < -0.3 is 10.2 Å². The molecule has 2 aliphatic rings. The Morgan fingerprint density at radius 1 is 1.17 bits per heavy atom. The van der Waals surface area contributed by atoms with Crippen molar-refractivity contribution in [1.82, 2.24) is 10.2 Å². The molecule has 0 aromatic heterocycles. The highest BCUT2D eigenvalue weighted by molar-refractivity contribution is 5.89. The zero-order chi connectivity index (χ0) is 16.9. The van der Waals surface area contributed by atoms with Crippen molar-refractivity contribution in [1.29, 1.82) is 0 Å². The van der Waals surface area contributed by atoms with Gasteiger partial charge in [0.25, 0.3) is 0 Å². The Labute approximate surface area is 144 Å². The van der Waals surface area contributed by atoms with Crippen LogP contribution in [0.15, 0.2) is 30.3 Å². The largest absolute Gasteiger partial charge is 0.353 e. The average molecular weight is 328 g/mol. The second-order valence-electron chi connectivity index (χ2n) is 7.44. The van der Waals surface area contributed by atoms with Crippen molar-refractivity contribution in [2.24, 2.45) is 11.8 Å². The standard InChI is InChI=1S/C20H28N2O2/c1-15-7-9-18(10-8-15)21-20(24)17-13-19(23)22(14-17)12-11-16-5-3-2-4-6-16/h2-6,15,17-18H,7-14H2,1H3,(H,21,24). The Morgan fingerprint density at radius 3 is 2.58 bits per heavy atom. The molecule has 1 aromatic rings. The molecule has 3 rings (SSSR count). The van der Waals surface area contributed by atoms with Crippen LogP contribution in [-0.4, -0.2) is 35.8 Å². The van der Waals surface area contributed by atoms with Gasteiger partial charge in [0.2, 0.25) is 11.8 Å². The first kappa shape index (κ1) is 17.0. The second-order valence-corrected chi connectivity index (χ2v) is 7.44. The van der Waals surface area contributed by atoms with Gasteiger partial charge in [-0.05, 0) is 43.6 Å². The van der Waals surface area contributed by atoms with E-state index in [1.165, 1.54) is 18.4 Å². The maximum atomic E-state index is 12.5. The van der Waals surface area contributed by atoms with E-state index >= 15 is 0 Å². The minimum Gasteiger partial charge on any atom is -0.353 e. The van der Waals surface area contributed by atoms with Crippen LogP contribution in [0.3, 0.4) is 0 Å². The van der Waals surface area contributed by atoms with Crippen molar-refractivity contribution in [2.75, 3.05) is 13.1 Å². The van der Waals surface area contributed by atoms with Crippen LogP contribution in [0.2, 0.25) is 0 Å². The summed E-state index contributed by atoms with van der Waals surface area (Å²) >= 11 is 0. The summed E-state index contributed by atoms with van der Waals surface area (Å²) < 4.78 is 0. The molecule has 4 nitrogen and oxygen atoms in total. The van der Waals surface area contributed by atoms with Gasteiger partial charge in [-0.3, -0.25) is 9.59 Å². The number of carbonyl (C=O) groups excluding carboxylic acids is 2. The zero-order valence-electron chi connectivity index (χ0n) is 14.5. The molecule has 4 heteroatoms. The van der Waals surface area contributed by atoms with Gasteiger partial charge in [-0.25, -0.2) is 0 Å². The first-order valence-corrected chi connectivity index (χ1v) is 9.24. The Balaban J connectivity index is 1.46. The SMILES string of the molecule is CC1CCC(NC(=O)C2CC(=O)N(CCc3ccccc3)C2)CC1. The van der Waals surface area contributed by atoms with Crippen molar-refractivity contribution >= 4 is 11.8 Å². The molecule has 0 spiro atoms. The third-order valence-corrected chi connectivity index (χ3v) is 5.46. The molecule has 1 aliphatic heterocycles. The van der Waals surface area contributed by atoms with Gasteiger partial charge in [0.05, 0.1) is 5.92 Å². The maximum absolute atomic E-state index is 12.5. The number of likely N-dealkylation sites (tertiary alicyclic amines) is 1. The lowest BCUT2D eigenvalue weighted by atomic mass is 9.87. The molecule has 1 saturated heterocycles. The molecule has 1 N–H and O–H groups in total. The maximum Gasteiger partial charge on any atom is 0.225 e. The lowest BCUT2D eigenvalue weighted by molar-refractivity contribution is -0.129. The van der Waals surface area contributed by atoms with Crippen LogP contribution < -0.4 is 5.32 Å². The molecular formula is C20H28N2O2. The molecule has 2 amide bonds. The number of amides is 2. The third-order valence-electron chi connectivity index (χ3n) is 5.46. The van der Waals surface area contributed by atoms with E-state index in [-0.39, 0.29) is 17.7 Å². The molecule has 1 aliphatic carbocycles. The molecule has 1 saturated carbocycles. The van der Waals surface area contributed by atoms with Gasteiger partial charge in [-0.1, -0.05) is 37.3 Å². The third kappa shape index (κ3) is 4.37. The Hall–Kier alpha value is -1.84. The molecule has 1 aromatic carbocycles. The highest BCUT2D eigenvalue weighted by Gasteiger charge is 2.35. The fourth-order valence-corrected chi connectivity index (χ4v) is 3.80. The number of hydrogen-bond donors (Lipinski definition) is 1. The summed E-state index contributed by atoms with van der Waals surface area (Å²) in [7, 11) is 0. The number of hydrogen-bond acceptors (Lipinski definition) is 2. The smallest absolute Gasteiger partial charge is 0.225 e. The molecule has 24 heavy (non-hydrogen) atoms. The molecule has 1 unspecified atom stereocenters. The summed E-state index contributed by atoms with van der Waals surface area (Å²) in [6, 6.07) is 10.5. The lowest BCUT2D eigenvalue weighted by Crippen LogP contribution is -2.41. The molecular weight excluding hydrogens is 300 g/mol. The van der Waals surface area contributed by atoms with Gasteiger partial charge >= 0.3 is 0 Å². The van der Waals surface area contributed by atoms with Crippen LogP contribution >= 0.6 is 0 Å². The molecule has 0 bridgehead atoms. The van der Waals surface area contributed by atoms with E-state index in [0.717, 1.165) is 25.2 Å². The van der Waals surface area contributed by atoms with E-state index in [1.807, 2.05) is 23.1 Å². The average Bonchev–Trinajstić information content (AvgIpc) is 2.97. The predicted molar refractivity (Wildman–Crippen MR) is 94.4 cm³/mol. The van der Waals surface area contributed by atoms with E-state index in [1.54, 1.807) is 0 Å². The molecule has 1 heterocycles. The molecule has 1 atom stereocenters. The quantitative estimate of drug-likeness (QED) is 0.903. The van der Waals surface area contributed by atoms with Crippen LogP contribution in [-0.2, 0) is 16.0 Å². The van der Waals surface area contributed by atoms with Gasteiger partial charge in [-0.15, -0.1) is 0 Å². The highest BCUT2D eigenvalue weighted by atomic mass is 16.2. The molecule has 2 fully saturated rings. The van der Waals surface area contributed by atoms with Crippen molar-refractivity contribution in [3.63, 3.8) is 0 Å². The monoisotopic (exact) mass is 328 g/mol. The second kappa shape index (κ2) is 7.82. The van der Waals surface area contributed by atoms with Crippen molar-refractivity contribution in [2.45, 2.75) is 51.5 Å². The first-order chi connectivity index (χ1) is 11.6. The minimum atomic E-state index is -0.173. The lowest BCUT2D eigenvalue weighted by Gasteiger charge is -2.27. The fourth-order valence-electron chi connectivity index (χ4n) is 3.80. The first-order valence-electron chi connectivity index (χ1n) is 9.24. The number of carbonyl (C=O) groups is 2. The number of nitrogens with one attached hydrogen (secondary N) is 1. The van der Waals surface area contributed by atoms with Gasteiger partial charge in [-0.2, -0.15) is 0 Å².